The molecule has 0 spiro atoms. The largest absolute Gasteiger partial charge is 0.480 e. The zero-order valence-corrected chi connectivity index (χ0v) is 10.9. The topological polar surface area (TPSA) is 49.3 Å². The van der Waals surface area contributed by atoms with Crippen molar-refractivity contribution in [2.24, 2.45) is 5.92 Å². The normalized spacial score (nSPS) is 26.9. The summed E-state index contributed by atoms with van der Waals surface area (Å²) in [5.41, 5.74) is -0.636. The van der Waals surface area contributed by atoms with Crippen molar-refractivity contribution in [2.45, 2.75) is 76.3 Å². The lowest BCUT2D eigenvalue weighted by atomic mass is 9.83. The van der Waals surface area contributed by atoms with E-state index < -0.39 is 11.5 Å². The van der Waals surface area contributed by atoms with Crippen molar-refractivity contribution in [3.05, 3.63) is 0 Å². The van der Waals surface area contributed by atoms with E-state index in [-0.39, 0.29) is 0 Å². The van der Waals surface area contributed by atoms with Gasteiger partial charge in [0.1, 0.15) is 5.54 Å². The van der Waals surface area contributed by atoms with Crippen LogP contribution in [0.15, 0.2) is 0 Å². The first-order valence-corrected chi connectivity index (χ1v) is 7.15. The molecule has 2 aliphatic carbocycles. The number of carboxylic acid groups (broad SMARTS) is 1. The molecular formula is C14H25NO2. The van der Waals surface area contributed by atoms with Crippen LogP contribution in [0.4, 0.5) is 0 Å². The van der Waals surface area contributed by atoms with Crippen molar-refractivity contribution in [2.75, 3.05) is 0 Å². The zero-order valence-electron chi connectivity index (χ0n) is 10.9. The fraction of sp³-hybridized carbons (Fsp3) is 0.929. The summed E-state index contributed by atoms with van der Waals surface area (Å²) in [6.07, 6.45) is 9.90. The molecule has 98 valence electrons. The summed E-state index contributed by atoms with van der Waals surface area (Å²) in [4.78, 5) is 11.7. The maximum absolute atomic E-state index is 11.7. The Morgan fingerprint density at radius 1 is 1.18 bits per heavy atom. The molecule has 0 bridgehead atoms. The smallest absolute Gasteiger partial charge is 0.323 e. The highest BCUT2D eigenvalue weighted by molar-refractivity contribution is 5.78. The molecule has 0 radical (unpaired) electrons. The Hall–Kier alpha value is -0.570. The molecule has 2 fully saturated rings. The van der Waals surface area contributed by atoms with Crippen LogP contribution in [-0.2, 0) is 4.79 Å². The Morgan fingerprint density at radius 3 is 2.18 bits per heavy atom. The number of carbonyl (C=O) groups is 1. The molecule has 0 aromatic rings. The lowest BCUT2D eigenvalue weighted by Gasteiger charge is -2.35. The molecule has 2 N–H and O–H groups in total. The van der Waals surface area contributed by atoms with Crippen molar-refractivity contribution in [1.29, 1.82) is 0 Å². The molecule has 2 aliphatic rings. The van der Waals surface area contributed by atoms with E-state index in [1.807, 2.05) is 0 Å². The molecule has 0 heterocycles. The van der Waals surface area contributed by atoms with E-state index in [1.54, 1.807) is 0 Å². The third-order valence-corrected chi connectivity index (χ3v) is 4.45. The monoisotopic (exact) mass is 239 g/mol. The van der Waals surface area contributed by atoms with Crippen LogP contribution in [-0.4, -0.2) is 22.7 Å². The number of carboxylic acids is 1. The molecule has 1 atom stereocenters. The number of aliphatic carboxylic acids is 1. The van der Waals surface area contributed by atoms with Gasteiger partial charge in [0.25, 0.3) is 0 Å². The first kappa shape index (κ1) is 12.9. The summed E-state index contributed by atoms with van der Waals surface area (Å²) < 4.78 is 0. The Labute approximate surface area is 104 Å². The first-order valence-electron chi connectivity index (χ1n) is 7.15. The predicted molar refractivity (Wildman–Crippen MR) is 68.0 cm³/mol. The SMILES string of the molecule is CC(NC1(C(=O)O)CCCCCCC1)C1CC1. The zero-order chi connectivity index (χ0) is 12.3. The molecule has 2 saturated carbocycles. The second-order valence-electron chi connectivity index (χ2n) is 5.93. The van der Waals surface area contributed by atoms with Crippen molar-refractivity contribution in [3.8, 4) is 0 Å². The molecule has 0 aromatic carbocycles. The van der Waals surface area contributed by atoms with E-state index >= 15 is 0 Å². The van der Waals surface area contributed by atoms with Crippen LogP contribution in [0, 0.1) is 5.92 Å². The molecule has 2 rings (SSSR count). The van der Waals surface area contributed by atoms with Crippen molar-refractivity contribution in [3.63, 3.8) is 0 Å². The third-order valence-electron chi connectivity index (χ3n) is 4.45. The summed E-state index contributed by atoms with van der Waals surface area (Å²) in [5, 5.41) is 13.1. The highest BCUT2D eigenvalue weighted by Gasteiger charge is 2.41. The summed E-state index contributed by atoms with van der Waals surface area (Å²) in [6, 6.07) is 0.366. The van der Waals surface area contributed by atoms with Gasteiger partial charge in [0.05, 0.1) is 0 Å². The van der Waals surface area contributed by atoms with Crippen molar-refractivity contribution >= 4 is 5.97 Å². The minimum absolute atomic E-state index is 0.366. The van der Waals surface area contributed by atoms with Crippen LogP contribution >= 0.6 is 0 Å². The molecular weight excluding hydrogens is 214 g/mol. The van der Waals surface area contributed by atoms with E-state index in [0.29, 0.717) is 6.04 Å². The van der Waals surface area contributed by atoms with Crippen LogP contribution in [0.25, 0.3) is 0 Å². The average molecular weight is 239 g/mol. The number of hydrogen-bond donors (Lipinski definition) is 2. The van der Waals surface area contributed by atoms with Crippen LogP contribution in [0.5, 0.6) is 0 Å². The fourth-order valence-electron chi connectivity index (χ4n) is 3.08. The van der Waals surface area contributed by atoms with Crippen molar-refractivity contribution in [1.82, 2.24) is 5.32 Å². The molecule has 0 aliphatic heterocycles. The van der Waals surface area contributed by atoms with Crippen LogP contribution in [0.2, 0.25) is 0 Å². The van der Waals surface area contributed by atoms with Crippen LogP contribution in [0.3, 0.4) is 0 Å². The Morgan fingerprint density at radius 2 is 1.71 bits per heavy atom. The molecule has 0 saturated heterocycles. The van der Waals surface area contributed by atoms with Gasteiger partial charge < -0.3 is 5.11 Å². The second-order valence-corrected chi connectivity index (χ2v) is 5.93. The Balaban J connectivity index is 2.02. The van der Waals surface area contributed by atoms with Gasteiger partial charge in [-0.3, -0.25) is 10.1 Å². The van der Waals surface area contributed by atoms with Gasteiger partial charge in [-0.25, -0.2) is 0 Å². The third kappa shape index (κ3) is 3.21. The van der Waals surface area contributed by atoms with E-state index in [0.717, 1.165) is 31.6 Å². The summed E-state index contributed by atoms with van der Waals surface area (Å²) in [7, 11) is 0. The summed E-state index contributed by atoms with van der Waals surface area (Å²) >= 11 is 0. The molecule has 17 heavy (non-hydrogen) atoms. The van der Waals surface area contributed by atoms with Gasteiger partial charge >= 0.3 is 5.97 Å². The number of rotatable bonds is 4. The van der Waals surface area contributed by atoms with E-state index in [2.05, 4.69) is 12.2 Å². The van der Waals surface area contributed by atoms with Crippen LogP contribution < -0.4 is 5.32 Å². The summed E-state index contributed by atoms with van der Waals surface area (Å²) in [6.45, 7) is 2.15. The van der Waals surface area contributed by atoms with Gasteiger partial charge in [-0.2, -0.15) is 0 Å². The quantitative estimate of drug-likeness (QED) is 0.793. The minimum Gasteiger partial charge on any atom is -0.480 e. The minimum atomic E-state index is -0.636. The standard InChI is InChI=1S/C14H25NO2/c1-11(12-7-8-12)15-14(13(16)17)9-5-3-2-4-6-10-14/h11-12,15H,2-10H2,1H3,(H,16,17). The average Bonchev–Trinajstić information content (AvgIpc) is 3.04. The Kier molecular flexibility index (Phi) is 4.08. The molecule has 1 unspecified atom stereocenters. The van der Waals surface area contributed by atoms with Gasteiger partial charge in [-0.15, -0.1) is 0 Å². The molecule has 3 nitrogen and oxygen atoms in total. The molecule has 0 amide bonds. The van der Waals surface area contributed by atoms with Gasteiger partial charge in [0.2, 0.25) is 0 Å². The van der Waals surface area contributed by atoms with Gasteiger partial charge in [0.15, 0.2) is 0 Å². The number of hydrogen-bond acceptors (Lipinski definition) is 2. The molecule has 3 heteroatoms. The highest BCUT2D eigenvalue weighted by atomic mass is 16.4. The van der Waals surface area contributed by atoms with Crippen molar-refractivity contribution < 1.29 is 9.90 Å². The van der Waals surface area contributed by atoms with Gasteiger partial charge in [-0.05, 0) is 38.5 Å². The van der Waals surface area contributed by atoms with E-state index in [4.69, 9.17) is 0 Å². The summed E-state index contributed by atoms with van der Waals surface area (Å²) in [5.74, 6) is 0.0866. The molecule has 0 aromatic heterocycles. The van der Waals surface area contributed by atoms with Gasteiger partial charge in [-0.1, -0.05) is 32.1 Å². The maximum atomic E-state index is 11.7. The maximum Gasteiger partial charge on any atom is 0.323 e. The lowest BCUT2D eigenvalue weighted by molar-refractivity contribution is -0.146. The Bertz CT molecular complexity index is 265. The second kappa shape index (κ2) is 5.38. The van der Waals surface area contributed by atoms with E-state index in [1.165, 1.54) is 32.1 Å². The van der Waals surface area contributed by atoms with Gasteiger partial charge in [0, 0.05) is 6.04 Å². The fourth-order valence-corrected chi connectivity index (χ4v) is 3.08. The van der Waals surface area contributed by atoms with Crippen LogP contribution in [0.1, 0.15) is 64.7 Å². The number of nitrogens with one attached hydrogen (secondary N) is 1. The van der Waals surface area contributed by atoms with E-state index in [9.17, 15) is 9.90 Å². The predicted octanol–water partition coefficient (Wildman–Crippen LogP) is 2.94. The highest BCUT2D eigenvalue weighted by Crippen LogP contribution is 2.35. The lowest BCUT2D eigenvalue weighted by Crippen LogP contribution is -2.56. The first-order chi connectivity index (χ1) is 8.14.